The normalized spacial score (nSPS) is 12.5. The van der Waals surface area contributed by atoms with E-state index in [-0.39, 0.29) is 37.0 Å². The number of aliphatic hydroxyl groups excluding tert-OH is 2. The maximum absolute atomic E-state index is 12.3. The van der Waals surface area contributed by atoms with Crippen LogP contribution in [0.4, 0.5) is 4.79 Å². The number of hydrogen-bond acceptors (Lipinski definition) is 6. The Morgan fingerprint density at radius 1 is 0.952 bits per heavy atom. The highest BCUT2D eigenvalue weighted by Crippen LogP contribution is 2.14. The summed E-state index contributed by atoms with van der Waals surface area (Å²) >= 11 is 0. The lowest BCUT2D eigenvalue weighted by Crippen LogP contribution is -2.55. The smallest absolute Gasteiger partial charge is 0.414 e. The number of aliphatic hydroxyl groups is 2. The zero-order chi connectivity index (χ0) is 16.4. The van der Waals surface area contributed by atoms with Crippen molar-refractivity contribution in [2.75, 3.05) is 59.8 Å². The molecule has 0 fully saturated rings. The highest BCUT2D eigenvalue weighted by molar-refractivity contribution is 5.60. The van der Waals surface area contributed by atoms with E-state index in [1.54, 1.807) is 7.05 Å². The molecule has 0 rings (SSSR count). The van der Waals surface area contributed by atoms with E-state index in [1.807, 2.05) is 20.8 Å². The van der Waals surface area contributed by atoms with E-state index in [1.165, 1.54) is 0 Å². The van der Waals surface area contributed by atoms with E-state index < -0.39 is 5.60 Å². The van der Waals surface area contributed by atoms with Crippen LogP contribution in [0.5, 0.6) is 0 Å². The minimum absolute atomic E-state index is 0.0220. The molecule has 2 N–H and O–H groups in total. The van der Waals surface area contributed by atoms with Crippen molar-refractivity contribution < 1.29 is 33.7 Å². The summed E-state index contributed by atoms with van der Waals surface area (Å²) in [5, 5.41) is 17.4. The first-order valence-corrected chi connectivity index (χ1v) is 7.20. The molecule has 0 aromatic rings. The van der Waals surface area contributed by atoms with E-state index in [0.717, 1.165) is 0 Å². The molecule has 0 aliphatic carbocycles. The first-order valence-electron chi connectivity index (χ1n) is 7.20. The fourth-order valence-corrected chi connectivity index (χ4v) is 1.53. The van der Waals surface area contributed by atoms with E-state index in [2.05, 4.69) is 0 Å². The molecule has 0 radical (unpaired) electrons. The van der Waals surface area contributed by atoms with Crippen molar-refractivity contribution in [1.29, 1.82) is 0 Å². The van der Waals surface area contributed by atoms with E-state index in [0.29, 0.717) is 26.3 Å². The van der Waals surface area contributed by atoms with Crippen LogP contribution in [0, 0.1) is 0 Å². The van der Waals surface area contributed by atoms with Gasteiger partial charge in [-0.15, -0.1) is 0 Å². The third kappa shape index (κ3) is 9.76. The number of amides is 1. The Hall–Kier alpha value is -0.730. The second-order valence-corrected chi connectivity index (χ2v) is 6.00. The van der Waals surface area contributed by atoms with Crippen molar-refractivity contribution in [2.24, 2.45) is 0 Å². The second kappa shape index (κ2) is 10.1. The fraction of sp³-hybridized carbons (Fsp3) is 0.929. The third-order valence-electron chi connectivity index (χ3n) is 2.76. The first kappa shape index (κ1) is 20.3. The van der Waals surface area contributed by atoms with Crippen molar-refractivity contribution >= 4 is 6.09 Å². The van der Waals surface area contributed by atoms with Gasteiger partial charge >= 0.3 is 6.09 Å². The summed E-state index contributed by atoms with van der Waals surface area (Å²) in [6.07, 6.45) is -0.345. The summed E-state index contributed by atoms with van der Waals surface area (Å²) in [5.41, 5.74) is -0.561. The van der Waals surface area contributed by atoms with Gasteiger partial charge in [0.2, 0.25) is 0 Å². The Labute approximate surface area is 127 Å². The maximum atomic E-state index is 12.3. The van der Waals surface area contributed by atoms with Gasteiger partial charge in [0.15, 0.2) is 0 Å². The van der Waals surface area contributed by atoms with Gasteiger partial charge in [-0.05, 0) is 20.8 Å². The summed E-state index contributed by atoms with van der Waals surface area (Å²) < 4.78 is 15.9. The molecule has 0 spiro atoms. The molecule has 1 amide bonds. The van der Waals surface area contributed by atoms with Crippen LogP contribution >= 0.6 is 0 Å². The number of ether oxygens (including phenoxy) is 3. The predicted molar refractivity (Wildman–Crippen MR) is 78.0 cm³/mol. The van der Waals surface area contributed by atoms with Crippen LogP contribution in [0.3, 0.4) is 0 Å². The van der Waals surface area contributed by atoms with Crippen LogP contribution < -0.4 is 0 Å². The molecule has 0 bridgehead atoms. The van der Waals surface area contributed by atoms with Gasteiger partial charge in [-0.25, -0.2) is 4.48 Å². The summed E-state index contributed by atoms with van der Waals surface area (Å²) in [6, 6.07) is 0. The Bertz CT molecular complexity index is 278. The Morgan fingerprint density at radius 2 is 1.38 bits per heavy atom. The van der Waals surface area contributed by atoms with Gasteiger partial charge in [0.1, 0.15) is 18.7 Å². The van der Waals surface area contributed by atoms with Crippen LogP contribution in [0.25, 0.3) is 0 Å². The molecular weight excluding hydrogens is 278 g/mol. The van der Waals surface area contributed by atoms with Crippen molar-refractivity contribution in [3.63, 3.8) is 0 Å². The van der Waals surface area contributed by atoms with Gasteiger partial charge in [0.05, 0.1) is 46.7 Å². The van der Waals surface area contributed by atoms with Gasteiger partial charge in [-0.3, -0.25) is 0 Å². The summed E-state index contributed by atoms with van der Waals surface area (Å²) in [4.78, 5) is 12.3. The lowest BCUT2D eigenvalue weighted by Gasteiger charge is -2.32. The molecule has 0 unspecified atom stereocenters. The number of carbonyl (C=O) groups is 1. The molecule has 0 aliphatic heterocycles. The molecule has 7 nitrogen and oxygen atoms in total. The number of carbonyl (C=O) groups excluding carboxylic acids is 1. The number of hydrogen-bond donors (Lipinski definition) is 2. The lowest BCUT2D eigenvalue weighted by molar-refractivity contribution is -0.840. The molecule has 0 heterocycles. The van der Waals surface area contributed by atoms with Crippen molar-refractivity contribution in [1.82, 2.24) is 0 Å². The second-order valence-electron chi connectivity index (χ2n) is 6.00. The standard InChI is InChI=1S/C14H30NO6/c1-14(2,3)21-13(18)15(4,5-9-19-11-7-16)6-10-20-12-8-17/h16-17H,5-12H2,1-4H3/q+1. The maximum Gasteiger partial charge on any atom is 0.516 e. The highest BCUT2D eigenvalue weighted by Gasteiger charge is 2.36. The molecule has 0 saturated carbocycles. The highest BCUT2D eigenvalue weighted by atomic mass is 16.6. The zero-order valence-corrected chi connectivity index (χ0v) is 13.6. The monoisotopic (exact) mass is 308 g/mol. The van der Waals surface area contributed by atoms with Crippen LogP contribution in [-0.4, -0.2) is 86.2 Å². The molecule has 0 aliphatic rings. The summed E-state index contributed by atoms with van der Waals surface area (Å²) in [5.74, 6) is 0. The SMILES string of the molecule is CC(C)(C)OC(=O)[N+](C)(CCOCCO)CCOCCO. The predicted octanol–water partition coefficient (Wildman–Crippen LogP) is 0.386. The minimum atomic E-state index is -0.561. The van der Waals surface area contributed by atoms with E-state index in [4.69, 9.17) is 24.4 Å². The van der Waals surface area contributed by atoms with Gasteiger partial charge in [0, 0.05) is 0 Å². The molecule has 0 saturated heterocycles. The molecule has 7 heteroatoms. The number of nitrogens with zero attached hydrogens (tertiary/aromatic N) is 1. The van der Waals surface area contributed by atoms with Crippen molar-refractivity contribution in [3.05, 3.63) is 0 Å². The molecule has 0 atom stereocenters. The van der Waals surface area contributed by atoms with Gasteiger partial charge in [0.25, 0.3) is 0 Å². The molecular formula is C14H30NO6+. The molecule has 126 valence electrons. The lowest BCUT2D eigenvalue weighted by atomic mass is 10.2. The van der Waals surface area contributed by atoms with E-state index in [9.17, 15) is 4.79 Å². The largest absolute Gasteiger partial charge is 0.516 e. The van der Waals surface area contributed by atoms with E-state index >= 15 is 0 Å². The van der Waals surface area contributed by atoms with Crippen molar-refractivity contribution in [3.8, 4) is 0 Å². The Balaban J connectivity index is 4.53. The quantitative estimate of drug-likeness (QED) is 0.448. The average molecular weight is 308 g/mol. The molecule has 0 aromatic carbocycles. The van der Waals surface area contributed by atoms with Crippen LogP contribution in [0.2, 0.25) is 0 Å². The number of likely N-dealkylation sites (N-methyl/N-ethyl adjacent to an activating group) is 1. The van der Waals surface area contributed by atoms with Crippen LogP contribution in [0.15, 0.2) is 0 Å². The summed E-state index contributed by atoms with van der Waals surface area (Å²) in [6.45, 7) is 7.40. The Kier molecular flexibility index (Phi) is 9.72. The molecule has 0 aromatic heterocycles. The zero-order valence-electron chi connectivity index (χ0n) is 13.6. The minimum Gasteiger partial charge on any atom is -0.414 e. The van der Waals surface area contributed by atoms with Gasteiger partial charge in [-0.2, -0.15) is 4.79 Å². The molecule has 21 heavy (non-hydrogen) atoms. The van der Waals surface area contributed by atoms with Gasteiger partial charge < -0.3 is 24.4 Å². The Morgan fingerprint density at radius 3 is 1.71 bits per heavy atom. The van der Waals surface area contributed by atoms with Crippen LogP contribution in [-0.2, 0) is 14.2 Å². The van der Waals surface area contributed by atoms with Crippen molar-refractivity contribution in [2.45, 2.75) is 26.4 Å². The number of quaternary nitrogens is 1. The topological polar surface area (TPSA) is 85.2 Å². The van der Waals surface area contributed by atoms with Crippen LogP contribution in [0.1, 0.15) is 20.8 Å². The first-order chi connectivity index (χ1) is 9.75. The fourth-order valence-electron chi connectivity index (χ4n) is 1.53. The number of rotatable bonds is 10. The van der Waals surface area contributed by atoms with Gasteiger partial charge in [-0.1, -0.05) is 0 Å². The average Bonchev–Trinajstić information content (AvgIpc) is 2.38. The summed E-state index contributed by atoms with van der Waals surface area (Å²) in [7, 11) is 1.76. The third-order valence-corrected chi connectivity index (χ3v) is 2.76.